The maximum atomic E-state index is 11.5. The minimum Gasteiger partial charge on any atom is -0.313 e. The average Bonchev–Trinajstić information content (AvgIpc) is 2.23. The van der Waals surface area contributed by atoms with Crippen LogP contribution in [-0.4, -0.2) is 17.2 Å². The van der Waals surface area contributed by atoms with E-state index in [9.17, 15) is 4.79 Å². The summed E-state index contributed by atoms with van der Waals surface area (Å²) in [7, 11) is 0. The van der Waals surface area contributed by atoms with Gasteiger partial charge in [-0.05, 0) is 35.3 Å². The Hall–Kier alpha value is -0.610. The summed E-state index contributed by atoms with van der Waals surface area (Å²) in [6, 6.07) is 3.87. The summed E-state index contributed by atoms with van der Waals surface area (Å²) in [5, 5.41) is 3.40. The van der Waals surface area contributed by atoms with Crippen LogP contribution >= 0.6 is 15.9 Å². The van der Waals surface area contributed by atoms with E-state index in [1.54, 1.807) is 16.7 Å². The third kappa shape index (κ3) is 4.49. The monoisotopic (exact) mass is 286 g/mol. The Balaban J connectivity index is 2.43. The minimum absolute atomic E-state index is 0.0492. The van der Waals surface area contributed by atoms with Crippen LogP contribution in [0.3, 0.4) is 0 Å². The van der Waals surface area contributed by atoms with E-state index in [4.69, 9.17) is 0 Å². The molecule has 0 aliphatic carbocycles. The molecule has 0 aromatic carbocycles. The topological polar surface area (TPSA) is 34.0 Å². The third-order valence-corrected chi connectivity index (χ3v) is 2.98. The first-order valence-electron chi connectivity index (χ1n) is 5.73. The lowest BCUT2D eigenvalue weighted by Gasteiger charge is -2.13. The Morgan fingerprint density at radius 1 is 1.50 bits per heavy atom. The summed E-state index contributed by atoms with van der Waals surface area (Å²) in [4.78, 5) is 11.5. The van der Waals surface area contributed by atoms with E-state index in [-0.39, 0.29) is 5.56 Å². The molecule has 0 aliphatic heterocycles. The van der Waals surface area contributed by atoms with Crippen LogP contribution in [0.4, 0.5) is 0 Å². The highest BCUT2D eigenvalue weighted by Gasteiger charge is 2.00. The molecule has 1 heterocycles. The van der Waals surface area contributed by atoms with Gasteiger partial charge >= 0.3 is 0 Å². The predicted molar refractivity (Wildman–Crippen MR) is 70.8 cm³/mol. The van der Waals surface area contributed by atoms with Crippen molar-refractivity contribution in [3.63, 3.8) is 0 Å². The molecule has 1 N–H and O–H groups in total. The molecule has 0 bridgehead atoms. The first-order valence-corrected chi connectivity index (χ1v) is 6.52. The van der Waals surface area contributed by atoms with Crippen molar-refractivity contribution < 1.29 is 0 Å². The van der Waals surface area contributed by atoms with Crippen LogP contribution in [0.1, 0.15) is 26.7 Å². The third-order valence-electron chi connectivity index (χ3n) is 2.51. The average molecular weight is 287 g/mol. The Kier molecular flexibility index (Phi) is 5.77. The fraction of sp³-hybridized carbons (Fsp3) is 0.583. The van der Waals surface area contributed by atoms with Gasteiger partial charge in [0.2, 0.25) is 0 Å². The number of hydrogen-bond acceptors (Lipinski definition) is 2. The van der Waals surface area contributed by atoms with Crippen molar-refractivity contribution in [2.45, 2.75) is 39.3 Å². The number of rotatable bonds is 6. The molecule has 0 fully saturated rings. The van der Waals surface area contributed by atoms with Crippen LogP contribution in [0.5, 0.6) is 0 Å². The van der Waals surface area contributed by atoms with Crippen LogP contribution < -0.4 is 10.9 Å². The molecule has 0 saturated heterocycles. The van der Waals surface area contributed by atoms with E-state index in [0.29, 0.717) is 12.6 Å². The maximum Gasteiger partial charge on any atom is 0.250 e. The first kappa shape index (κ1) is 13.5. The van der Waals surface area contributed by atoms with E-state index in [0.717, 1.165) is 11.0 Å². The number of aromatic nitrogens is 1. The highest BCUT2D eigenvalue weighted by atomic mass is 79.9. The summed E-state index contributed by atoms with van der Waals surface area (Å²) >= 11 is 3.36. The zero-order valence-electron chi connectivity index (χ0n) is 9.87. The highest BCUT2D eigenvalue weighted by Crippen LogP contribution is 2.04. The van der Waals surface area contributed by atoms with E-state index >= 15 is 0 Å². The van der Waals surface area contributed by atoms with Gasteiger partial charge in [0.1, 0.15) is 0 Å². The minimum atomic E-state index is 0.0492. The van der Waals surface area contributed by atoms with Gasteiger partial charge in [-0.2, -0.15) is 0 Å². The molecule has 4 heteroatoms. The lowest BCUT2D eigenvalue weighted by atomic mass is 10.2. The van der Waals surface area contributed by atoms with Crippen LogP contribution in [0.2, 0.25) is 0 Å². The van der Waals surface area contributed by atoms with E-state index < -0.39 is 0 Å². The van der Waals surface area contributed by atoms with Gasteiger partial charge < -0.3 is 9.88 Å². The van der Waals surface area contributed by atoms with Crippen LogP contribution in [-0.2, 0) is 6.54 Å². The van der Waals surface area contributed by atoms with Crippen molar-refractivity contribution >= 4 is 15.9 Å². The molecule has 0 amide bonds. The summed E-state index contributed by atoms with van der Waals surface area (Å²) in [6.45, 7) is 5.90. The summed E-state index contributed by atoms with van der Waals surface area (Å²) < 4.78 is 2.66. The number of halogens is 1. The van der Waals surface area contributed by atoms with E-state index in [1.165, 1.54) is 12.8 Å². The largest absolute Gasteiger partial charge is 0.313 e. The Morgan fingerprint density at radius 2 is 2.25 bits per heavy atom. The van der Waals surface area contributed by atoms with Crippen LogP contribution in [0.25, 0.3) is 0 Å². The Bertz CT molecular complexity index is 376. The smallest absolute Gasteiger partial charge is 0.250 e. The van der Waals surface area contributed by atoms with Crippen molar-refractivity contribution in [2.75, 3.05) is 6.54 Å². The van der Waals surface area contributed by atoms with Gasteiger partial charge in [-0.25, -0.2) is 0 Å². The molecule has 0 saturated carbocycles. The summed E-state index contributed by atoms with van der Waals surface area (Å²) in [6.07, 6.45) is 4.19. The van der Waals surface area contributed by atoms with Crippen molar-refractivity contribution in [2.24, 2.45) is 0 Å². The molecule has 0 radical (unpaired) electrons. The van der Waals surface area contributed by atoms with Crippen LogP contribution in [0, 0.1) is 0 Å². The molecule has 1 aromatic rings. The molecule has 1 aromatic heterocycles. The standard InChI is InChI=1S/C12H19BrN2O/c1-3-4-10(2)14-7-8-15-9-11(13)5-6-12(15)16/h5-6,9-10,14H,3-4,7-8H2,1-2H3. The van der Waals surface area contributed by atoms with Gasteiger partial charge in [0.25, 0.3) is 5.56 Å². The second kappa shape index (κ2) is 6.86. The number of pyridine rings is 1. The molecule has 1 unspecified atom stereocenters. The zero-order valence-corrected chi connectivity index (χ0v) is 11.5. The molecule has 0 aliphatic rings. The molecule has 1 rings (SSSR count). The second-order valence-electron chi connectivity index (χ2n) is 4.02. The fourth-order valence-corrected chi connectivity index (χ4v) is 2.02. The van der Waals surface area contributed by atoms with Gasteiger partial charge in [0.15, 0.2) is 0 Å². The normalized spacial score (nSPS) is 12.7. The quantitative estimate of drug-likeness (QED) is 0.871. The van der Waals surface area contributed by atoms with E-state index in [2.05, 4.69) is 35.1 Å². The van der Waals surface area contributed by atoms with Gasteiger partial charge in [-0.15, -0.1) is 0 Å². The van der Waals surface area contributed by atoms with Gasteiger partial charge in [0, 0.05) is 35.9 Å². The summed E-state index contributed by atoms with van der Waals surface area (Å²) in [5.41, 5.74) is 0.0492. The molecular weight excluding hydrogens is 268 g/mol. The zero-order chi connectivity index (χ0) is 12.0. The second-order valence-corrected chi connectivity index (χ2v) is 4.94. The molecule has 3 nitrogen and oxygen atoms in total. The lowest BCUT2D eigenvalue weighted by molar-refractivity contribution is 0.482. The van der Waals surface area contributed by atoms with Crippen molar-refractivity contribution in [3.8, 4) is 0 Å². The molecule has 1 atom stereocenters. The van der Waals surface area contributed by atoms with Gasteiger partial charge in [-0.3, -0.25) is 4.79 Å². The maximum absolute atomic E-state index is 11.5. The Labute approximate surface area is 105 Å². The fourth-order valence-electron chi connectivity index (χ4n) is 1.64. The van der Waals surface area contributed by atoms with Gasteiger partial charge in [0.05, 0.1) is 0 Å². The molecular formula is C12H19BrN2O. The van der Waals surface area contributed by atoms with Crippen molar-refractivity contribution in [1.82, 2.24) is 9.88 Å². The molecule has 16 heavy (non-hydrogen) atoms. The molecule has 90 valence electrons. The summed E-state index contributed by atoms with van der Waals surface area (Å²) in [5.74, 6) is 0. The SMILES string of the molecule is CCCC(C)NCCn1cc(Br)ccc1=O. The van der Waals surface area contributed by atoms with Gasteiger partial charge in [-0.1, -0.05) is 13.3 Å². The number of nitrogens with one attached hydrogen (secondary N) is 1. The lowest BCUT2D eigenvalue weighted by Crippen LogP contribution is -2.31. The van der Waals surface area contributed by atoms with Crippen molar-refractivity contribution in [1.29, 1.82) is 0 Å². The Morgan fingerprint density at radius 3 is 2.94 bits per heavy atom. The number of hydrogen-bond donors (Lipinski definition) is 1. The first-order chi connectivity index (χ1) is 7.63. The number of nitrogens with zero attached hydrogens (tertiary/aromatic N) is 1. The highest BCUT2D eigenvalue weighted by molar-refractivity contribution is 9.10. The predicted octanol–water partition coefficient (Wildman–Crippen LogP) is 2.39. The van der Waals surface area contributed by atoms with E-state index in [1.807, 2.05) is 6.20 Å². The van der Waals surface area contributed by atoms with Crippen LogP contribution in [0.15, 0.2) is 27.6 Å². The van der Waals surface area contributed by atoms with Crippen molar-refractivity contribution in [3.05, 3.63) is 33.2 Å². The molecule has 0 spiro atoms.